The zero-order valence-electron chi connectivity index (χ0n) is 9.03. The second-order valence-corrected chi connectivity index (χ2v) is 4.46. The van der Waals surface area contributed by atoms with Gasteiger partial charge in [0, 0.05) is 19.5 Å². The Hall–Kier alpha value is -1.10. The van der Waals surface area contributed by atoms with E-state index in [-0.39, 0.29) is 5.91 Å². The monoisotopic (exact) mass is 214 g/mol. The molecule has 0 radical (unpaired) electrons. The molecular weight excluding hydrogens is 196 g/mol. The van der Waals surface area contributed by atoms with Crippen LogP contribution in [0.2, 0.25) is 0 Å². The topological polar surface area (TPSA) is 83.6 Å². The first kappa shape index (κ1) is 12.0. The Labute approximate surface area is 89.2 Å². The summed E-state index contributed by atoms with van der Waals surface area (Å²) in [6.45, 7) is 3.69. The molecule has 1 heterocycles. The van der Waals surface area contributed by atoms with E-state index in [1.165, 1.54) is 0 Å². The van der Waals surface area contributed by atoms with Gasteiger partial charge in [0.2, 0.25) is 5.91 Å². The van der Waals surface area contributed by atoms with Crippen molar-refractivity contribution in [2.24, 2.45) is 11.1 Å². The number of carboxylic acid groups (broad SMARTS) is 1. The summed E-state index contributed by atoms with van der Waals surface area (Å²) in [5, 5.41) is 9.07. The third kappa shape index (κ3) is 3.20. The van der Waals surface area contributed by atoms with Crippen LogP contribution in [0.3, 0.4) is 0 Å². The van der Waals surface area contributed by atoms with Gasteiger partial charge in [-0.05, 0) is 26.3 Å². The van der Waals surface area contributed by atoms with Crippen LogP contribution in [0, 0.1) is 5.41 Å². The van der Waals surface area contributed by atoms with Crippen molar-refractivity contribution in [1.82, 2.24) is 4.90 Å². The van der Waals surface area contributed by atoms with Crippen molar-refractivity contribution >= 4 is 11.9 Å². The van der Waals surface area contributed by atoms with Crippen molar-refractivity contribution in [3.8, 4) is 0 Å². The minimum absolute atomic E-state index is 0.301. The minimum atomic E-state index is -0.758. The number of rotatable bonds is 4. The first-order valence-corrected chi connectivity index (χ1v) is 5.18. The molecule has 1 aliphatic heterocycles. The fourth-order valence-corrected chi connectivity index (χ4v) is 1.98. The molecule has 1 saturated heterocycles. The Morgan fingerprint density at radius 2 is 2.20 bits per heavy atom. The number of hydrogen-bond acceptors (Lipinski definition) is 3. The molecule has 0 aromatic rings. The highest BCUT2D eigenvalue weighted by atomic mass is 16.4. The molecule has 5 nitrogen and oxygen atoms in total. The number of likely N-dealkylation sites (tertiary alicyclic amines) is 1. The summed E-state index contributed by atoms with van der Waals surface area (Å²) < 4.78 is 0. The molecule has 1 amide bonds. The second-order valence-electron chi connectivity index (χ2n) is 4.46. The van der Waals surface area contributed by atoms with Gasteiger partial charge in [-0.1, -0.05) is 0 Å². The summed E-state index contributed by atoms with van der Waals surface area (Å²) in [5.74, 6) is -1.09. The standard InChI is InChI=1S/C10H18N2O3/c1-10(9(14)15)4-2-5-12(7-10)6-3-8(11)13/h2-7H2,1H3,(H2,11,13)(H,14,15). The molecule has 0 aromatic carbocycles. The number of carbonyl (C=O) groups excluding carboxylic acids is 1. The van der Waals surface area contributed by atoms with Crippen LogP contribution in [0.4, 0.5) is 0 Å². The number of nitrogens with zero attached hydrogens (tertiary/aromatic N) is 1. The molecule has 0 aliphatic carbocycles. The maximum Gasteiger partial charge on any atom is 0.310 e. The Kier molecular flexibility index (Phi) is 3.68. The summed E-state index contributed by atoms with van der Waals surface area (Å²) in [6, 6.07) is 0. The van der Waals surface area contributed by atoms with Gasteiger partial charge in [0.15, 0.2) is 0 Å². The van der Waals surface area contributed by atoms with E-state index in [0.29, 0.717) is 25.9 Å². The number of carboxylic acids is 1. The van der Waals surface area contributed by atoms with Crippen LogP contribution >= 0.6 is 0 Å². The molecule has 1 rings (SSSR count). The van der Waals surface area contributed by atoms with Gasteiger partial charge >= 0.3 is 5.97 Å². The zero-order valence-corrected chi connectivity index (χ0v) is 9.03. The minimum Gasteiger partial charge on any atom is -0.481 e. The van der Waals surface area contributed by atoms with Gasteiger partial charge in [0.1, 0.15) is 0 Å². The van der Waals surface area contributed by atoms with Crippen LogP contribution in [0.15, 0.2) is 0 Å². The highest BCUT2D eigenvalue weighted by Crippen LogP contribution is 2.29. The molecule has 15 heavy (non-hydrogen) atoms. The molecule has 1 fully saturated rings. The zero-order chi connectivity index (χ0) is 11.5. The molecule has 5 heteroatoms. The number of aliphatic carboxylic acids is 1. The first-order valence-electron chi connectivity index (χ1n) is 5.18. The van der Waals surface area contributed by atoms with E-state index in [2.05, 4.69) is 0 Å². The highest BCUT2D eigenvalue weighted by Gasteiger charge is 2.37. The van der Waals surface area contributed by atoms with Gasteiger partial charge in [0.25, 0.3) is 0 Å². The largest absolute Gasteiger partial charge is 0.481 e. The lowest BCUT2D eigenvalue weighted by Crippen LogP contribution is -2.46. The number of primary amides is 1. The molecule has 0 saturated carbocycles. The average molecular weight is 214 g/mol. The lowest BCUT2D eigenvalue weighted by Gasteiger charge is -2.37. The summed E-state index contributed by atoms with van der Waals surface area (Å²) in [5.41, 5.74) is 4.38. The Balaban J connectivity index is 2.49. The lowest BCUT2D eigenvalue weighted by molar-refractivity contribution is -0.151. The number of nitrogens with two attached hydrogens (primary N) is 1. The highest BCUT2D eigenvalue weighted by molar-refractivity contribution is 5.75. The molecule has 0 spiro atoms. The van der Waals surface area contributed by atoms with Gasteiger partial charge < -0.3 is 15.7 Å². The molecule has 86 valence electrons. The van der Waals surface area contributed by atoms with Crippen molar-refractivity contribution in [2.45, 2.75) is 26.2 Å². The number of piperidine rings is 1. The fraction of sp³-hybridized carbons (Fsp3) is 0.800. The predicted molar refractivity (Wildman–Crippen MR) is 55.2 cm³/mol. The second kappa shape index (κ2) is 4.61. The number of hydrogen-bond donors (Lipinski definition) is 2. The van der Waals surface area contributed by atoms with Crippen LogP contribution in [-0.2, 0) is 9.59 Å². The Bertz CT molecular complexity index is 267. The van der Waals surface area contributed by atoms with Crippen molar-refractivity contribution < 1.29 is 14.7 Å². The third-order valence-corrected chi connectivity index (χ3v) is 2.97. The van der Waals surface area contributed by atoms with Crippen LogP contribution in [0.5, 0.6) is 0 Å². The smallest absolute Gasteiger partial charge is 0.310 e. The van der Waals surface area contributed by atoms with Crippen molar-refractivity contribution in [2.75, 3.05) is 19.6 Å². The molecule has 1 unspecified atom stereocenters. The van der Waals surface area contributed by atoms with Gasteiger partial charge in [-0.25, -0.2) is 0 Å². The van der Waals surface area contributed by atoms with E-state index in [1.54, 1.807) is 6.92 Å². The normalized spacial score (nSPS) is 27.5. The predicted octanol–water partition coefficient (Wildman–Crippen LogP) is 0.0485. The Morgan fingerprint density at radius 3 is 2.73 bits per heavy atom. The van der Waals surface area contributed by atoms with E-state index >= 15 is 0 Å². The van der Waals surface area contributed by atoms with Gasteiger partial charge in [-0.2, -0.15) is 0 Å². The number of amides is 1. The molecular formula is C10H18N2O3. The molecule has 3 N–H and O–H groups in total. The maximum absolute atomic E-state index is 11.0. The van der Waals surface area contributed by atoms with Crippen LogP contribution in [0.1, 0.15) is 26.2 Å². The fourth-order valence-electron chi connectivity index (χ4n) is 1.98. The van der Waals surface area contributed by atoms with E-state index in [4.69, 9.17) is 10.8 Å². The van der Waals surface area contributed by atoms with Crippen molar-refractivity contribution in [3.63, 3.8) is 0 Å². The summed E-state index contributed by atoms with van der Waals surface area (Å²) in [4.78, 5) is 23.7. The molecule has 0 bridgehead atoms. The SMILES string of the molecule is CC1(C(=O)O)CCCN(CCC(N)=O)C1. The summed E-state index contributed by atoms with van der Waals surface area (Å²) >= 11 is 0. The van der Waals surface area contributed by atoms with E-state index in [9.17, 15) is 9.59 Å². The maximum atomic E-state index is 11.0. The molecule has 0 aromatic heterocycles. The molecule has 1 atom stereocenters. The Morgan fingerprint density at radius 1 is 1.53 bits per heavy atom. The van der Waals surface area contributed by atoms with Crippen LogP contribution in [-0.4, -0.2) is 41.5 Å². The van der Waals surface area contributed by atoms with Gasteiger partial charge in [-0.3, -0.25) is 9.59 Å². The van der Waals surface area contributed by atoms with Crippen molar-refractivity contribution in [3.05, 3.63) is 0 Å². The lowest BCUT2D eigenvalue weighted by atomic mass is 9.82. The summed E-state index contributed by atoms with van der Waals surface area (Å²) in [7, 11) is 0. The van der Waals surface area contributed by atoms with Crippen LogP contribution in [0.25, 0.3) is 0 Å². The summed E-state index contributed by atoms with van der Waals surface area (Å²) in [6.07, 6.45) is 1.87. The third-order valence-electron chi connectivity index (χ3n) is 2.97. The first-order chi connectivity index (χ1) is 6.94. The van der Waals surface area contributed by atoms with Crippen molar-refractivity contribution in [1.29, 1.82) is 0 Å². The van der Waals surface area contributed by atoms with E-state index in [0.717, 1.165) is 13.0 Å². The van der Waals surface area contributed by atoms with Gasteiger partial charge in [-0.15, -0.1) is 0 Å². The molecule has 1 aliphatic rings. The quantitative estimate of drug-likeness (QED) is 0.692. The van der Waals surface area contributed by atoms with Gasteiger partial charge in [0.05, 0.1) is 5.41 Å². The van der Waals surface area contributed by atoms with Crippen LogP contribution < -0.4 is 5.73 Å². The van der Waals surface area contributed by atoms with E-state index < -0.39 is 11.4 Å². The number of carbonyl (C=O) groups is 2. The van der Waals surface area contributed by atoms with E-state index in [1.807, 2.05) is 4.90 Å². The average Bonchev–Trinajstić information content (AvgIpc) is 2.15.